The van der Waals surface area contributed by atoms with Crippen molar-refractivity contribution in [1.82, 2.24) is 9.71 Å². The molecule has 0 aliphatic rings. The summed E-state index contributed by atoms with van der Waals surface area (Å²) in [4.78, 5) is 14.9. The van der Waals surface area contributed by atoms with Crippen LogP contribution in [0.2, 0.25) is 0 Å². The second-order valence-corrected chi connectivity index (χ2v) is 7.52. The lowest BCUT2D eigenvalue weighted by molar-refractivity contribution is -0.139. The number of aryl methyl sites for hydroxylation is 1. The van der Waals surface area contributed by atoms with Gasteiger partial charge in [-0.3, -0.25) is 4.79 Å². The van der Waals surface area contributed by atoms with E-state index in [0.29, 0.717) is 5.01 Å². The third kappa shape index (κ3) is 4.04. The van der Waals surface area contributed by atoms with Gasteiger partial charge in [-0.05, 0) is 19.3 Å². The summed E-state index contributed by atoms with van der Waals surface area (Å²) in [5, 5.41) is 9.62. The lowest BCUT2D eigenvalue weighted by Gasteiger charge is -2.15. The third-order valence-electron chi connectivity index (χ3n) is 2.17. The summed E-state index contributed by atoms with van der Waals surface area (Å²) in [6, 6.07) is -1.11. The fourth-order valence-electron chi connectivity index (χ4n) is 1.38. The molecule has 1 atom stereocenters. The number of sulfonamides is 1. The maximum atomic E-state index is 11.9. The van der Waals surface area contributed by atoms with Crippen LogP contribution in [0.3, 0.4) is 0 Å². The number of hydrogen-bond donors (Lipinski definition) is 2. The second-order valence-electron chi connectivity index (χ2n) is 4.34. The SMILES string of the molecule is Cc1ncc(S(=O)(=O)NC(CC(C)C)C(=O)O)s1. The van der Waals surface area contributed by atoms with E-state index in [0.717, 1.165) is 11.3 Å². The fourth-order valence-corrected chi connectivity index (χ4v) is 3.71. The molecule has 18 heavy (non-hydrogen) atoms. The van der Waals surface area contributed by atoms with E-state index in [1.807, 2.05) is 13.8 Å². The van der Waals surface area contributed by atoms with Gasteiger partial charge in [0, 0.05) is 0 Å². The van der Waals surface area contributed by atoms with Crippen LogP contribution in [0.1, 0.15) is 25.3 Å². The van der Waals surface area contributed by atoms with Gasteiger partial charge in [0.05, 0.1) is 11.2 Å². The number of carboxylic acids is 1. The Morgan fingerprint density at radius 2 is 2.17 bits per heavy atom. The highest BCUT2D eigenvalue weighted by atomic mass is 32.2. The Bertz CT molecular complexity index is 522. The fraction of sp³-hybridized carbons (Fsp3) is 0.600. The number of thiazole rings is 1. The van der Waals surface area contributed by atoms with E-state index < -0.39 is 22.0 Å². The first kappa shape index (κ1) is 15.1. The number of carbonyl (C=O) groups is 1. The van der Waals surface area contributed by atoms with Crippen LogP contribution in [0.15, 0.2) is 10.4 Å². The lowest BCUT2D eigenvalue weighted by atomic mass is 10.1. The van der Waals surface area contributed by atoms with Gasteiger partial charge in [0.1, 0.15) is 6.04 Å². The van der Waals surface area contributed by atoms with Crippen molar-refractivity contribution in [2.45, 2.75) is 37.4 Å². The lowest BCUT2D eigenvalue weighted by Crippen LogP contribution is -2.41. The molecule has 1 aromatic rings. The molecule has 0 saturated carbocycles. The molecule has 6 nitrogen and oxygen atoms in total. The standard InChI is InChI=1S/C10H16N2O4S2/c1-6(2)4-8(10(13)14)12-18(15,16)9-5-11-7(3)17-9/h5-6,8,12H,4H2,1-3H3,(H,13,14). The maximum Gasteiger partial charge on any atom is 0.321 e. The van der Waals surface area contributed by atoms with Crippen molar-refractivity contribution in [3.63, 3.8) is 0 Å². The van der Waals surface area contributed by atoms with Gasteiger partial charge in [0.15, 0.2) is 4.21 Å². The molecule has 0 aliphatic carbocycles. The Hall–Kier alpha value is -0.990. The highest BCUT2D eigenvalue weighted by Crippen LogP contribution is 2.18. The van der Waals surface area contributed by atoms with E-state index in [1.165, 1.54) is 6.20 Å². The average Bonchev–Trinajstić information content (AvgIpc) is 2.63. The van der Waals surface area contributed by atoms with Crippen LogP contribution in [0.4, 0.5) is 0 Å². The van der Waals surface area contributed by atoms with Gasteiger partial charge in [-0.15, -0.1) is 11.3 Å². The zero-order valence-corrected chi connectivity index (χ0v) is 12.0. The van der Waals surface area contributed by atoms with Crippen LogP contribution >= 0.6 is 11.3 Å². The van der Waals surface area contributed by atoms with Crippen LogP contribution in [0, 0.1) is 12.8 Å². The Morgan fingerprint density at radius 1 is 1.56 bits per heavy atom. The van der Waals surface area contributed by atoms with E-state index >= 15 is 0 Å². The van der Waals surface area contributed by atoms with E-state index in [4.69, 9.17) is 5.11 Å². The van der Waals surface area contributed by atoms with Gasteiger partial charge in [0.25, 0.3) is 10.0 Å². The monoisotopic (exact) mass is 292 g/mol. The number of nitrogens with zero attached hydrogens (tertiary/aromatic N) is 1. The van der Waals surface area contributed by atoms with Gasteiger partial charge in [-0.2, -0.15) is 4.72 Å². The quantitative estimate of drug-likeness (QED) is 0.822. The number of hydrogen-bond acceptors (Lipinski definition) is 5. The number of carboxylic acid groups (broad SMARTS) is 1. The molecular formula is C10H16N2O4S2. The van der Waals surface area contributed by atoms with Crippen LogP contribution in [0.25, 0.3) is 0 Å². The van der Waals surface area contributed by atoms with Gasteiger partial charge >= 0.3 is 5.97 Å². The zero-order valence-electron chi connectivity index (χ0n) is 10.4. The minimum atomic E-state index is -3.80. The molecule has 0 radical (unpaired) electrons. The summed E-state index contributed by atoms with van der Waals surface area (Å²) in [7, 11) is -3.80. The molecule has 1 unspecified atom stereocenters. The Labute approximate surface area is 110 Å². The summed E-state index contributed by atoms with van der Waals surface area (Å²) in [5.74, 6) is -1.09. The van der Waals surface area contributed by atoms with Crippen LogP contribution in [-0.4, -0.2) is 30.5 Å². The van der Waals surface area contributed by atoms with Gasteiger partial charge in [-0.1, -0.05) is 13.8 Å². The molecule has 1 aromatic heterocycles. The van der Waals surface area contributed by atoms with E-state index in [-0.39, 0.29) is 16.5 Å². The first-order valence-corrected chi connectivity index (χ1v) is 7.70. The van der Waals surface area contributed by atoms with Crippen molar-refractivity contribution in [2.75, 3.05) is 0 Å². The molecule has 0 aliphatic heterocycles. The molecular weight excluding hydrogens is 276 g/mol. The summed E-state index contributed by atoms with van der Waals surface area (Å²) in [6.45, 7) is 5.36. The molecule has 0 bridgehead atoms. The topological polar surface area (TPSA) is 96.4 Å². The molecule has 0 aromatic carbocycles. The second kappa shape index (κ2) is 5.77. The molecule has 8 heteroatoms. The van der Waals surface area contributed by atoms with Crippen LogP contribution in [-0.2, 0) is 14.8 Å². The smallest absolute Gasteiger partial charge is 0.321 e. The van der Waals surface area contributed by atoms with Crippen molar-refractivity contribution in [2.24, 2.45) is 5.92 Å². The first-order chi connectivity index (χ1) is 8.22. The third-order valence-corrected chi connectivity index (χ3v) is 5.01. The van der Waals surface area contributed by atoms with Gasteiger partial charge < -0.3 is 5.11 Å². The summed E-state index contributed by atoms with van der Waals surface area (Å²) in [5.41, 5.74) is 0. The highest BCUT2D eigenvalue weighted by molar-refractivity contribution is 7.91. The predicted molar refractivity (Wildman–Crippen MR) is 68.1 cm³/mol. The van der Waals surface area contributed by atoms with Crippen molar-refractivity contribution in [3.05, 3.63) is 11.2 Å². The Morgan fingerprint density at radius 3 is 2.56 bits per heavy atom. The van der Waals surface area contributed by atoms with Crippen LogP contribution in [0.5, 0.6) is 0 Å². The predicted octanol–water partition coefficient (Wildman–Crippen LogP) is 1.23. The number of aromatic nitrogens is 1. The van der Waals surface area contributed by atoms with Crippen molar-refractivity contribution < 1.29 is 18.3 Å². The summed E-state index contributed by atoms with van der Waals surface area (Å²) < 4.78 is 26.1. The van der Waals surface area contributed by atoms with E-state index in [9.17, 15) is 13.2 Å². The minimum Gasteiger partial charge on any atom is -0.480 e. The molecule has 102 valence electrons. The largest absolute Gasteiger partial charge is 0.480 e. The minimum absolute atomic E-state index is 0.0370. The van der Waals surface area contributed by atoms with Crippen molar-refractivity contribution in [1.29, 1.82) is 0 Å². The molecule has 0 spiro atoms. The highest BCUT2D eigenvalue weighted by Gasteiger charge is 2.27. The number of rotatable bonds is 6. The first-order valence-electron chi connectivity index (χ1n) is 5.40. The summed E-state index contributed by atoms with van der Waals surface area (Å²) in [6.07, 6.45) is 1.48. The molecule has 2 N–H and O–H groups in total. The van der Waals surface area contributed by atoms with Gasteiger partial charge in [0.2, 0.25) is 0 Å². The van der Waals surface area contributed by atoms with Crippen LogP contribution < -0.4 is 4.72 Å². The van der Waals surface area contributed by atoms with Crippen molar-refractivity contribution in [3.8, 4) is 0 Å². The maximum absolute atomic E-state index is 11.9. The van der Waals surface area contributed by atoms with E-state index in [1.54, 1.807) is 6.92 Å². The number of aliphatic carboxylic acids is 1. The average molecular weight is 292 g/mol. The van der Waals surface area contributed by atoms with Crippen molar-refractivity contribution >= 4 is 27.3 Å². The van der Waals surface area contributed by atoms with Gasteiger partial charge in [-0.25, -0.2) is 13.4 Å². The Balaban J connectivity index is 2.89. The molecule has 1 rings (SSSR count). The molecule has 1 heterocycles. The zero-order chi connectivity index (χ0) is 13.9. The molecule has 0 amide bonds. The molecule has 0 saturated heterocycles. The Kier molecular flexibility index (Phi) is 4.83. The molecule has 0 fully saturated rings. The number of nitrogens with one attached hydrogen (secondary N) is 1. The normalized spacial score (nSPS) is 13.8. The van der Waals surface area contributed by atoms with E-state index in [2.05, 4.69) is 9.71 Å². The summed E-state index contributed by atoms with van der Waals surface area (Å²) >= 11 is 1.01.